The van der Waals surface area contributed by atoms with E-state index in [1.165, 1.54) is 13.0 Å². The van der Waals surface area contributed by atoms with Gasteiger partial charge in [-0.2, -0.15) is 5.26 Å². The lowest BCUT2D eigenvalue weighted by Crippen LogP contribution is -2.49. The molecular formula is C15H29N3. The van der Waals surface area contributed by atoms with E-state index in [0.29, 0.717) is 6.04 Å². The molecule has 1 saturated carbocycles. The minimum atomic E-state index is -0.213. The van der Waals surface area contributed by atoms with Gasteiger partial charge in [0.1, 0.15) is 5.54 Å². The van der Waals surface area contributed by atoms with Gasteiger partial charge in [0.2, 0.25) is 0 Å². The fourth-order valence-electron chi connectivity index (χ4n) is 2.82. The molecular weight excluding hydrogens is 222 g/mol. The van der Waals surface area contributed by atoms with Crippen molar-refractivity contribution in [1.29, 1.82) is 5.26 Å². The van der Waals surface area contributed by atoms with Gasteiger partial charge < -0.3 is 4.90 Å². The van der Waals surface area contributed by atoms with Crippen molar-refractivity contribution in [3.8, 4) is 6.07 Å². The second kappa shape index (κ2) is 6.54. The summed E-state index contributed by atoms with van der Waals surface area (Å²) in [5.41, 5.74) is -0.213. The van der Waals surface area contributed by atoms with E-state index in [9.17, 15) is 5.26 Å². The lowest BCUT2D eigenvalue weighted by atomic mass is 9.79. The summed E-state index contributed by atoms with van der Waals surface area (Å²) in [6, 6.07) is 3.21. The van der Waals surface area contributed by atoms with Gasteiger partial charge in [-0.15, -0.1) is 0 Å². The maximum atomic E-state index is 9.41. The first-order valence-corrected chi connectivity index (χ1v) is 7.20. The molecule has 0 aromatic carbocycles. The van der Waals surface area contributed by atoms with Crippen LogP contribution >= 0.6 is 0 Å². The van der Waals surface area contributed by atoms with Gasteiger partial charge in [-0.3, -0.25) is 4.90 Å². The molecule has 104 valence electrons. The molecule has 0 amide bonds. The van der Waals surface area contributed by atoms with Crippen molar-refractivity contribution in [2.75, 3.05) is 27.7 Å². The van der Waals surface area contributed by atoms with Gasteiger partial charge in [-0.1, -0.05) is 13.8 Å². The third-order valence-corrected chi connectivity index (χ3v) is 4.53. The Labute approximate surface area is 113 Å². The van der Waals surface area contributed by atoms with Crippen molar-refractivity contribution in [2.24, 2.45) is 5.92 Å². The van der Waals surface area contributed by atoms with Crippen molar-refractivity contribution >= 4 is 0 Å². The first kappa shape index (κ1) is 15.5. The van der Waals surface area contributed by atoms with Gasteiger partial charge in [0.25, 0.3) is 0 Å². The summed E-state index contributed by atoms with van der Waals surface area (Å²) in [6.07, 6.45) is 5.59. The van der Waals surface area contributed by atoms with Crippen molar-refractivity contribution in [2.45, 2.75) is 57.5 Å². The monoisotopic (exact) mass is 251 g/mol. The summed E-state index contributed by atoms with van der Waals surface area (Å²) in [7, 11) is 6.31. The van der Waals surface area contributed by atoms with Gasteiger partial charge in [-0.05, 0) is 65.7 Å². The number of hydrogen-bond donors (Lipinski definition) is 0. The van der Waals surface area contributed by atoms with E-state index >= 15 is 0 Å². The van der Waals surface area contributed by atoms with Gasteiger partial charge in [0.15, 0.2) is 0 Å². The van der Waals surface area contributed by atoms with Crippen LogP contribution in [0.3, 0.4) is 0 Å². The van der Waals surface area contributed by atoms with E-state index in [1.54, 1.807) is 0 Å². The van der Waals surface area contributed by atoms with E-state index in [1.807, 2.05) is 14.1 Å². The van der Waals surface area contributed by atoms with Crippen LogP contribution < -0.4 is 0 Å². The van der Waals surface area contributed by atoms with Crippen molar-refractivity contribution in [3.05, 3.63) is 0 Å². The molecule has 0 N–H and O–H groups in total. The van der Waals surface area contributed by atoms with Gasteiger partial charge in [0, 0.05) is 6.04 Å². The van der Waals surface area contributed by atoms with Crippen LogP contribution in [0.4, 0.5) is 0 Å². The number of nitriles is 1. The highest BCUT2D eigenvalue weighted by molar-refractivity contribution is 5.09. The largest absolute Gasteiger partial charge is 0.303 e. The van der Waals surface area contributed by atoms with Crippen LogP contribution in [0.25, 0.3) is 0 Å². The van der Waals surface area contributed by atoms with E-state index in [4.69, 9.17) is 0 Å². The SMILES string of the molecule is CC(C)CCN(C)C1CCC(C#N)(N(C)C)CC1. The zero-order chi connectivity index (χ0) is 13.8. The Hall–Kier alpha value is -0.590. The number of rotatable bonds is 5. The van der Waals surface area contributed by atoms with E-state index in [-0.39, 0.29) is 5.54 Å². The molecule has 0 saturated heterocycles. The molecule has 0 bridgehead atoms. The number of nitrogens with zero attached hydrogens (tertiary/aromatic N) is 3. The summed E-state index contributed by atoms with van der Waals surface area (Å²) in [6.45, 7) is 5.74. The third kappa shape index (κ3) is 3.70. The summed E-state index contributed by atoms with van der Waals surface area (Å²) in [5.74, 6) is 0.774. The Morgan fingerprint density at radius 1 is 1.22 bits per heavy atom. The predicted octanol–water partition coefficient (Wildman–Crippen LogP) is 2.73. The molecule has 0 unspecified atom stereocenters. The topological polar surface area (TPSA) is 30.3 Å². The van der Waals surface area contributed by atoms with E-state index in [2.05, 4.69) is 36.8 Å². The summed E-state index contributed by atoms with van der Waals surface area (Å²) in [4.78, 5) is 4.61. The molecule has 0 aromatic heterocycles. The molecule has 18 heavy (non-hydrogen) atoms. The zero-order valence-corrected chi connectivity index (χ0v) is 12.7. The van der Waals surface area contributed by atoms with Crippen LogP contribution in [-0.2, 0) is 0 Å². The zero-order valence-electron chi connectivity index (χ0n) is 12.7. The molecule has 1 aliphatic carbocycles. The van der Waals surface area contributed by atoms with Crippen molar-refractivity contribution in [1.82, 2.24) is 9.80 Å². The van der Waals surface area contributed by atoms with Gasteiger partial charge >= 0.3 is 0 Å². The average molecular weight is 251 g/mol. The highest BCUT2D eigenvalue weighted by Crippen LogP contribution is 2.33. The Bertz CT molecular complexity index is 283. The summed E-state index contributed by atoms with van der Waals surface area (Å²) >= 11 is 0. The molecule has 0 radical (unpaired) electrons. The quantitative estimate of drug-likeness (QED) is 0.752. The molecule has 0 spiro atoms. The Balaban J connectivity index is 2.46. The Morgan fingerprint density at radius 2 is 1.78 bits per heavy atom. The second-order valence-corrected chi connectivity index (χ2v) is 6.43. The van der Waals surface area contributed by atoms with Crippen LogP contribution in [0.5, 0.6) is 0 Å². The fraction of sp³-hybridized carbons (Fsp3) is 0.933. The average Bonchev–Trinajstić information content (AvgIpc) is 2.35. The summed E-state index contributed by atoms with van der Waals surface area (Å²) in [5, 5.41) is 9.41. The lowest BCUT2D eigenvalue weighted by molar-refractivity contribution is 0.0967. The molecule has 0 aliphatic heterocycles. The van der Waals surface area contributed by atoms with Crippen LogP contribution in [0.2, 0.25) is 0 Å². The van der Waals surface area contributed by atoms with Crippen molar-refractivity contribution < 1.29 is 0 Å². The smallest absolute Gasteiger partial charge is 0.108 e. The molecule has 1 fully saturated rings. The molecule has 0 atom stereocenters. The normalized spacial score (nSPS) is 28.9. The molecule has 0 heterocycles. The lowest BCUT2D eigenvalue weighted by Gasteiger charge is -2.42. The first-order chi connectivity index (χ1) is 8.41. The minimum absolute atomic E-state index is 0.213. The van der Waals surface area contributed by atoms with Gasteiger partial charge in [0.05, 0.1) is 6.07 Å². The molecule has 0 aromatic rings. The molecule has 1 rings (SSSR count). The fourth-order valence-corrected chi connectivity index (χ4v) is 2.82. The van der Waals surface area contributed by atoms with Crippen LogP contribution in [0.15, 0.2) is 0 Å². The van der Waals surface area contributed by atoms with Crippen molar-refractivity contribution in [3.63, 3.8) is 0 Å². The van der Waals surface area contributed by atoms with E-state index in [0.717, 1.165) is 31.6 Å². The van der Waals surface area contributed by atoms with Crippen LogP contribution in [0, 0.1) is 17.2 Å². The van der Waals surface area contributed by atoms with Crippen LogP contribution in [-0.4, -0.2) is 49.1 Å². The van der Waals surface area contributed by atoms with Gasteiger partial charge in [-0.25, -0.2) is 0 Å². The minimum Gasteiger partial charge on any atom is -0.303 e. The molecule has 1 aliphatic rings. The molecule has 3 nitrogen and oxygen atoms in total. The predicted molar refractivity (Wildman–Crippen MR) is 76.4 cm³/mol. The third-order valence-electron chi connectivity index (χ3n) is 4.53. The maximum Gasteiger partial charge on any atom is 0.108 e. The number of hydrogen-bond acceptors (Lipinski definition) is 3. The second-order valence-electron chi connectivity index (χ2n) is 6.43. The molecule has 3 heteroatoms. The highest BCUT2D eigenvalue weighted by atomic mass is 15.2. The Kier molecular flexibility index (Phi) is 5.62. The maximum absolute atomic E-state index is 9.41. The highest BCUT2D eigenvalue weighted by Gasteiger charge is 2.38. The summed E-state index contributed by atoms with van der Waals surface area (Å²) < 4.78 is 0. The first-order valence-electron chi connectivity index (χ1n) is 7.20. The van der Waals surface area contributed by atoms with Crippen LogP contribution in [0.1, 0.15) is 46.0 Å². The standard InChI is InChI=1S/C15H29N3/c1-13(2)8-11-18(5)14-6-9-15(12-16,10-7-14)17(3)4/h13-14H,6-11H2,1-5H3. The Morgan fingerprint density at radius 3 is 2.17 bits per heavy atom. The van der Waals surface area contributed by atoms with E-state index < -0.39 is 0 Å².